The van der Waals surface area contributed by atoms with E-state index in [-0.39, 0.29) is 18.1 Å². The van der Waals surface area contributed by atoms with E-state index in [0.717, 1.165) is 16.3 Å². The molecule has 0 unspecified atom stereocenters. The number of fused-ring (bicyclic) bond motifs is 1. The number of H-pyrrole nitrogens is 1. The average Bonchev–Trinajstić information content (AvgIpc) is 2.74. The molecule has 7 heteroatoms. The number of amides is 1. The van der Waals surface area contributed by atoms with Gasteiger partial charge in [-0.2, -0.15) is 0 Å². The molecule has 7 nitrogen and oxygen atoms in total. The SMILES string of the molecule is O=C(NCc1cccc2ccccc12)c1nc(-c2ccccn2)[nH]c(=O)c1O. The number of aromatic hydroxyl groups is 1. The van der Waals surface area contributed by atoms with Gasteiger partial charge in [0.2, 0.25) is 5.75 Å². The number of benzene rings is 2. The van der Waals surface area contributed by atoms with Crippen molar-refractivity contribution in [3.63, 3.8) is 0 Å². The zero-order valence-corrected chi connectivity index (χ0v) is 14.7. The van der Waals surface area contributed by atoms with Crippen LogP contribution in [0.15, 0.2) is 71.7 Å². The number of nitrogens with one attached hydrogen (secondary N) is 2. The van der Waals surface area contributed by atoms with Gasteiger partial charge in [0.15, 0.2) is 11.5 Å². The third-order valence-corrected chi connectivity index (χ3v) is 4.34. The highest BCUT2D eigenvalue weighted by Gasteiger charge is 2.19. The molecule has 2 heterocycles. The molecule has 0 bridgehead atoms. The van der Waals surface area contributed by atoms with Crippen molar-refractivity contribution in [3.05, 3.63) is 88.5 Å². The molecule has 4 aromatic rings. The van der Waals surface area contributed by atoms with Gasteiger partial charge in [0.1, 0.15) is 5.69 Å². The summed E-state index contributed by atoms with van der Waals surface area (Å²) in [6.45, 7) is 0.229. The van der Waals surface area contributed by atoms with Crippen LogP contribution in [-0.4, -0.2) is 26.0 Å². The Kier molecular flexibility index (Phi) is 4.55. The molecule has 2 aromatic carbocycles. The molecule has 0 aliphatic heterocycles. The van der Waals surface area contributed by atoms with Crippen molar-refractivity contribution in [2.24, 2.45) is 0 Å². The number of aromatic nitrogens is 3. The summed E-state index contributed by atoms with van der Waals surface area (Å²) in [5.41, 5.74) is 0.166. The summed E-state index contributed by atoms with van der Waals surface area (Å²) >= 11 is 0. The highest BCUT2D eigenvalue weighted by molar-refractivity contribution is 5.95. The number of carbonyl (C=O) groups is 1. The van der Waals surface area contributed by atoms with Gasteiger partial charge in [-0.15, -0.1) is 0 Å². The molecule has 0 aliphatic rings. The molecule has 3 N–H and O–H groups in total. The van der Waals surface area contributed by atoms with E-state index in [4.69, 9.17) is 0 Å². The average molecular weight is 372 g/mol. The maximum Gasteiger partial charge on any atom is 0.294 e. The van der Waals surface area contributed by atoms with Crippen molar-refractivity contribution in [2.45, 2.75) is 6.54 Å². The number of hydrogen-bond acceptors (Lipinski definition) is 5. The van der Waals surface area contributed by atoms with Crippen LogP contribution in [0.4, 0.5) is 0 Å². The van der Waals surface area contributed by atoms with Crippen LogP contribution in [0.25, 0.3) is 22.3 Å². The normalized spacial score (nSPS) is 10.7. The Morgan fingerprint density at radius 2 is 1.82 bits per heavy atom. The van der Waals surface area contributed by atoms with Gasteiger partial charge in [-0.1, -0.05) is 48.5 Å². The first-order valence-corrected chi connectivity index (χ1v) is 8.63. The van der Waals surface area contributed by atoms with E-state index < -0.39 is 17.2 Å². The van der Waals surface area contributed by atoms with Crippen LogP contribution in [-0.2, 0) is 6.54 Å². The minimum absolute atomic E-state index is 0.110. The Bertz CT molecular complexity index is 1210. The fourth-order valence-corrected chi connectivity index (χ4v) is 2.96. The predicted octanol–water partition coefficient (Wildman–Crippen LogP) is 2.62. The van der Waals surface area contributed by atoms with Crippen LogP contribution in [0.5, 0.6) is 5.75 Å². The first-order valence-electron chi connectivity index (χ1n) is 8.63. The van der Waals surface area contributed by atoms with Gasteiger partial charge in [-0.3, -0.25) is 14.6 Å². The van der Waals surface area contributed by atoms with Gasteiger partial charge in [0, 0.05) is 12.7 Å². The zero-order chi connectivity index (χ0) is 19.5. The van der Waals surface area contributed by atoms with Gasteiger partial charge in [0.25, 0.3) is 11.5 Å². The second-order valence-corrected chi connectivity index (χ2v) is 6.15. The van der Waals surface area contributed by atoms with Crippen LogP contribution in [0.1, 0.15) is 16.1 Å². The van der Waals surface area contributed by atoms with E-state index in [1.807, 2.05) is 42.5 Å². The van der Waals surface area contributed by atoms with E-state index >= 15 is 0 Å². The van der Waals surface area contributed by atoms with Crippen LogP contribution >= 0.6 is 0 Å². The fourth-order valence-electron chi connectivity index (χ4n) is 2.96. The number of pyridine rings is 1. The first kappa shape index (κ1) is 17.4. The third-order valence-electron chi connectivity index (χ3n) is 4.34. The molecule has 0 aliphatic carbocycles. The Labute approximate surface area is 159 Å². The van der Waals surface area contributed by atoms with Crippen molar-refractivity contribution in [1.82, 2.24) is 20.3 Å². The smallest absolute Gasteiger partial charge is 0.294 e. The van der Waals surface area contributed by atoms with E-state index in [1.54, 1.807) is 24.4 Å². The highest BCUT2D eigenvalue weighted by atomic mass is 16.3. The fraction of sp³-hybridized carbons (Fsp3) is 0.0476. The van der Waals surface area contributed by atoms with E-state index in [1.165, 1.54) is 0 Å². The first-order chi connectivity index (χ1) is 13.6. The van der Waals surface area contributed by atoms with E-state index in [0.29, 0.717) is 5.69 Å². The number of nitrogens with zero attached hydrogens (tertiary/aromatic N) is 2. The third kappa shape index (κ3) is 3.33. The molecule has 0 saturated heterocycles. The van der Waals surface area contributed by atoms with Gasteiger partial charge in [-0.25, -0.2) is 4.98 Å². The molecule has 0 radical (unpaired) electrons. The Morgan fingerprint density at radius 3 is 2.64 bits per heavy atom. The molecule has 138 valence electrons. The lowest BCUT2D eigenvalue weighted by Crippen LogP contribution is -2.26. The standard InChI is InChI=1S/C21H16N4O3/c26-18-17(24-19(25-21(18)28)16-10-3-4-11-22-16)20(27)23-12-14-8-5-7-13-6-1-2-9-15(13)14/h1-11,26H,12H2,(H,23,27)(H,24,25,28). The summed E-state index contributed by atoms with van der Waals surface area (Å²) in [6.07, 6.45) is 1.54. The molecule has 0 spiro atoms. The maximum atomic E-state index is 12.6. The van der Waals surface area contributed by atoms with Gasteiger partial charge in [0.05, 0.1) is 0 Å². The Balaban J connectivity index is 1.63. The lowest BCUT2D eigenvalue weighted by atomic mass is 10.0. The molecule has 0 saturated carbocycles. The van der Waals surface area contributed by atoms with Crippen molar-refractivity contribution in [1.29, 1.82) is 0 Å². The van der Waals surface area contributed by atoms with Gasteiger partial charge < -0.3 is 15.4 Å². The van der Waals surface area contributed by atoms with Crippen LogP contribution in [0.3, 0.4) is 0 Å². The summed E-state index contributed by atoms with van der Waals surface area (Å²) in [5, 5.41) is 14.8. The Morgan fingerprint density at radius 1 is 1.04 bits per heavy atom. The molecule has 28 heavy (non-hydrogen) atoms. The van der Waals surface area contributed by atoms with Gasteiger partial charge in [-0.05, 0) is 28.5 Å². The van der Waals surface area contributed by atoms with Crippen molar-refractivity contribution < 1.29 is 9.90 Å². The van der Waals surface area contributed by atoms with Crippen LogP contribution < -0.4 is 10.9 Å². The second-order valence-electron chi connectivity index (χ2n) is 6.15. The summed E-state index contributed by atoms with van der Waals surface area (Å²) in [5.74, 6) is -1.26. The summed E-state index contributed by atoms with van der Waals surface area (Å²) in [7, 11) is 0. The molecule has 2 aromatic heterocycles. The number of carbonyl (C=O) groups excluding carboxylic acids is 1. The lowest BCUT2D eigenvalue weighted by molar-refractivity contribution is 0.0942. The quantitative estimate of drug-likeness (QED) is 0.510. The van der Waals surface area contributed by atoms with Crippen LogP contribution in [0.2, 0.25) is 0 Å². The summed E-state index contributed by atoms with van der Waals surface area (Å²) in [4.78, 5) is 35.3. The van der Waals surface area contributed by atoms with E-state index in [9.17, 15) is 14.7 Å². The van der Waals surface area contributed by atoms with Crippen LogP contribution in [0, 0.1) is 0 Å². The van der Waals surface area contributed by atoms with E-state index in [2.05, 4.69) is 20.3 Å². The highest BCUT2D eigenvalue weighted by Crippen LogP contribution is 2.19. The van der Waals surface area contributed by atoms with Crippen molar-refractivity contribution in [2.75, 3.05) is 0 Å². The summed E-state index contributed by atoms with van der Waals surface area (Å²) < 4.78 is 0. The Hall–Kier alpha value is -4.00. The minimum atomic E-state index is -0.800. The predicted molar refractivity (Wildman–Crippen MR) is 105 cm³/mol. The molecule has 0 atom stereocenters. The second kappa shape index (κ2) is 7.32. The van der Waals surface area contributed by atoms with Gasteiger partial charge >= 0.3 is 0 Å². The molecule has 0 fully saturated rings. The number of rotatable bonds is 4. The molecule has 4 rings (SSSR count). The maximum absolute atomic E-state index is 12.6. The lowest BCUT2D eigenvalue weighted by Gasteiger charge is -2.09. The topological polar surface area (TPSA) is 108 Å². The van der Waals surface area contributed by atoms with Crippen molar-refractivity contribution >= 4 is 16.7 Å². The molecular formula is C21H16N4O3. The number of aromatic amines is 1. The summed E-state index contributed by atoms with van der Waals surface area (Å²) in [6, 6.07) is 18.7. The molecule has 1 amide bonds. The molecular weight excluding hydrogens is 356 g/mol. The monoisotopic (exact) mass is 372 g/mol. The van der Waals surface area contributed by atoms with Crippen molar-refractivity contribution in [3.8, 4) is 17.3 Å². The zero-order valence-electron chi connectivity index (χ0n) is 14.7. The largest absolute Gasteiger partial charge is 0.501 e. The number of hydrogen-bond donors (Lipinski definition) is 3. The minimum Gasteiger partial charge on any atom is -0.501 e.